The Hall–Kier alpha value is -0.770. The van der Waals surface area contributed by atoms with E-state index in [0.717, 1.165) is 17.7 Å². The number of hydrogen-bond donors (Lipinski definition) is 1. The molecule has 1 unspecified atom stereocenters. The van der Waals surface area contributed by atoms with Crippen LogP contribution in [0.3, 0.4) is 0 Å². The van der Waals surface area contributed by atoms with E-state index in [-0.39, 0.29) is 0 Å². The molecule has 0 aromatic heterocycles. The van der Waals surface area contributed by atoms with Gasteiger partial charge in [0.1, 0.15) is 5.75 Å². The maximum Gasteiger partial charge on any atom is 0.138 e. The molecular formula is C13H21ClN2O. The highest BCUT2D eigenvalue weighted by Crippen LogP contribution is 2.25. The van der Waals surface area contributed by atoms with Crippen LogP contribution in [0.1, 0.15) is 12.0 Å². The highest BCUT2D eigenvalue weighted by atomic mass is 35.5. The molecule has 0 fully saturated rings. The molecule has 17 heavy (non-hydrogen) atoms. The molecule has 1 aromatic rings. The summed E-state index contributed by atoms with van der Waals surface area (Å²) >= 11 is 6.05. The second-order valence-electron chi connectivity index (χ2n) is 4.42. The highest BCUT2D eigenvalue weighted by molar-refractivity contribution is 6.32. The molecule has 0 saturated carbocycles. The van der Waals surface area contributed by atoms with Gasteiger partial charge in [-0.15, -0.1) is 0 Å². The third-order valence-electron chi connectivity index (χ3n) is 2.80. The van der Waals surface area contributed by atoms with Crippen molar-refractivity contribution in [2.75, 3.05) is 27.2 Å². The van der Waals surface area contributed by atoms with Crippen molar-refractivity contribution in [3.8, 4) is 5.75 Å². The summed E-state index contributed by atoms with van der Waals surface area (Å²) in [7, 11) is 4.05. The molecule has 0 radical (unpaired) electrons. The van der Waals surface area contributed by atoms with Crippen LogP contribution in [0.25, 0.3) is 0 Å². The largest absolute Gasteiger partial charge is 0.492 e. The molecule has 0 bridgehead atoms. The fourth-order valence-electron chi connectivity index (χ4n) is 1.61. The van der Waals surface area contributed by atoms with Crippen LogP contribution in [0.4, 0.5) is 0 Å². The summed E-state index contributed by atoms with van der Waals surface area (Å²) in [5.74, 6) is 0.751. The molecular weight excluding hydrogens is 236 g/mol. The van der Waals surface area contributed by atoms with Gasteiger partial charge in [-0.2, -0.15) is 0 Å². The van der Waals surface area contributed by atoms with Crippen LogP contribution < -0.4 is 10.5 Å². The molecule has 2 N–H and O–H groups in total. The summed E-state index contributed by atoms with van der Waals surface area (Å²) < 4.78 is 5.69. The molecule has 0 saturated heterocycles. The Kier molecular flexibility index (Phi) is 5.75. The smallest absolute Gasteiger partial charge is 0.138 e. The Labute approximate surface area is 109 Å². The summed E-state index contributed by atoms with van der Waals surface area (Å²) in [5, 5.41) is 0.657. The van der Waals surface area contributed by atoms with Gasteiger partial charge in [0.05, 0.1) is 11.6 Å². The van der Waals surface area contributed by atoms with Crippen molar-refractivity contribution in [1.82, 2.24) is 4.90 Å². The van der Waals surface area contributed by atoms with E-state index in [2.05, 4.69) is 4.90 Å². The minimum Gasteiger partial charge on any atom is -0.492 e. The minimum atomic E-state index is 0.346. The van der Waals surface area contributed by atoms with Gasteiger partial charge in [-0.05, 0) is 45.1 Å². The average molecular weight is 257 g/mol. The maximum absolute atomic E-state index is 6.05. The van der Waals surface area contributed by atoms with Crippen molar-refractivity contribution in [2.24, 2.45) is 5.73 Å². The van der Waals surface area contributed by atoms with Crippen molar-refractivity contribution in [3.05, 3.63) is 28.8 Å². The van der Waals surface area contributed by atoms with E-state index in [1.54, 1.807) is 0 Å². The lowest BCUT2D eigenvalue weighted by molar-refractivity contribution is 0.225. The molecule has 0 spiro atoms. The Morgan fingerprint density at radius 2 is 2.12 bits per heavy atom. The summed E-state index contributed by atoms with van der Waals surface area (Å²) in [6.07, 6.45) is 0.897. The van der Waals surface area contributed by atoms with Crippen LogP contribution in [-0.4, -0.2) is 38.2 Å². The maximum atomic E-state index is 6.05. The van der Waals surface area contributed by atoms with Crippen LogP contribution in [0.5, 0.6) is 5.75 Å². The first-order valence-corrected chi connectivity index (χ1v) is 6.18. The van der Waals surface area contributed by atoms with Gasteiger partial charge in [0.15, 0.2) is 0 Å². The number of rotatable bonds is 6. The quantitative estimate of drug-likeness (QED) is 0.849. The van der Waals surface area contributed by atoms with Crippen molar-refractivity contribution in [3.63, 3.8) is 0 Å². The number of hydrogen-bond acceptors (Lipinski definition) is 3. The van der Waals surface area contributed by atoms with Crippen LogP contribution in [0, 0.1) is 6.92 Å². The zero-order valence-electron chi connectivity index (χ0n) is 10.7. The van der Waals surface area contributed by atoms with Crippen LogP contribution in [-0.2, 0) is 0 Å². The minimum absolute atomic E-state index is 0.346. The van der Waals surface area contributed by atoms with E-state index in [4.69, 9.17) is 22.1 Å². The first-order chi connectivity index (χ1) is 8.04. The number of nitrogens with zero attached hydrogens (tertiary/aromatic N) is 1. The molecule has 1 rings (SSSR count). The molecule has 1 atom stereocenters. The van der Waals surface area contributed by atoms with Gasteiger partial charge in [0.2, 0.25) is 0 Å². The van der Waals surface area contributed by atoms with E-state index in [1.165, 1.54) is 0 Å². The fraction of sp³-hybridized carbons (Fsp3) is 0.538. The Bertz CT molecular complexity index is 355. The van der Waals surface area contributed by atoms with Crippen LogP contribution in [0.15, 0.2) is 18.2 Å². The van der Waals surface area contributed by atoms with Crippen molar-refractivity contribution in [2.45, 2.75) is 19.4 Å². The van der Waals surface area contributed by atoms with E-state index in [1.807, 2.05) is 39.2 Å². The molecule has 0 aliphatic heterocycles. The summed E-state index contributed by atoms with van der Waals surface area (Å²) in [6, 6.07) is 6.13. The second-order valence-corrected chi connectivity index (χ2v) is 4.83. The van der Waals surface area contributed by atoms with Crippen LogP contribution in [0.2, 0.25) is 5.02 Å². The monoisotopic (exact) mass is 256 g/mol. The molecule has 0 heterocycles. The van der Waals surface area contributed by atoms with Gasteiger partial charge in [-0.25, -0.2) is 0 Å². The molecule has 96 valence electrons. The molecule has 1 aromatic carbocycles. The highest BCUT2D eigenvalue weighted by Gasteiger charge is 2.09. The zero-order valence-corrected chi connectivity index (χ0v) is 11.5. The third kappa shape index (κ3) is 4.54. The number of likely N-dealkylation sites (N-methyl/N-ethyl adjacent to an activating group) is 1. The van der Waals surface area contributed by atoms with Gasteiger partial charge >= 0.3 is 0 Å². The van der Waals surface area contributed by atoms with Crippen molar-refractivity contribution < 1.29 is 4.74 Å². The van der Waals surface area contributed by atoms with E-state index in [9.17, 15) is 0 Å². The predicted molar refractivity (Wildman–Crippen MR) is 72.8 cm³/mol. The standard InChI is InChI=1S/C13H21ClN2O/c1-10-4-5-12(14)13(8-10)17-7-6-11(9-15)16(2)3/h4-5,8,11H,6-7,9,15H2,1-3H3. The van der Waals surface area contributed by atoms with E-state index >= 15 is 0 Å². The van der Waals surface area contributed by atoms with Gasteiger partial charge in [0.25, 0.3) is 0 Å². The third-order valence-corrected chi connectivity index (χ3v) is 3.11. The molecule has 4 heteroatoms. The fourth-order valence-corrected chi connectivity index (χ4v) is 1.79. The number of nitrogens with two attached hydrogens (primary N) is 1. The Morgan fingerprint density at radius 3 is 2.71 bits per heavy atom. The lowest BCUT2D eigenvalue weighted by Crippen LogP contribution is -2.36. The summed E-state index contributed by atoms with van der Waals surface area (Å²) in [5.41, 5.74) is 6.83. The summed E-state index contributed by atoms with van der Waals surface area (Å²) in [4.78, 5) is 2.11. The van der Waals surface area contributed by atoms with Gasteiger partial charge in [-0.3, -0.25) is 0 Å². The van der Waals surface area contributed by atoms with E-state index < -0.39 is 0 Å². The zero-order chi connectivity index (χ0) is 12.8. The normalized spacial score (nSPS) is 12.8. The lowest BCUT2D eigenvalue weighted by Gasteiger charge is -2.22. The number of aryl methyl sites for hydroxylation is 1. The van der Waals surface area contributed by atoms with Gasteiger partial charge < -0.3 is 15.4 Å². The van der Waals surface area contributed by atoms with Crippen molar-refractivity contribution in [1.29, 1.82) is 0 Å². The van der Waals surface area contributed by atoms with Gasteiger partial charge in [0, 0.05) is 12.6 Å². The van der Waals surface area contributed by atoms with Gasteiger partial charge in [-0.1, -0.05) is 17.7 Å². The molecule has 3 nitrogen and oxygen atoms in total. The van der Waals surface area contributed by atoms with E-state index in [0.29, 0.717) is 24.2 Å². The van der Waals surface area contributed by atoms with Crippen molar-refractivity contribution >= 4 is 11.6 Å². The number of benzene rings is 1. The topological polar surface area (TPSA) is 38.5 Å². The lowest BCUT2D eigenvalue weighted by atomic mass is 10.2. The second kappa shape index (κ2) is 6.84. The molecule has 0 aliphatic rings. The first kappa shape index (κ1) is 14.3. The Morgan fingerprint density at radius 1 is 1.41 bits per heavy atom. The summed E-state index contributed by atoms with van der Waals surface area (Å²) in [6.45, 7) is 3.28. The number of ether oxygens (including phenoxy) is 1. The Balaban J connectivity index is 2.47. The van der Waals surface area contributed by atoms with Crippen LogP contribution >= 0.6 is 11.6 Å². The number of halogens is 1. The first-order valence-electron chi connectivity index (χ1n) is 5.80. The molecule has 0 amide bonds. The average Bonchev–Trinajstić information content (AvgIpc) is 2.28. The predicted octanol–water partition coefficient (Wildman–Crippen LogP) is 2.31. The molecule has 0 aliphatic carbocycles. The SMILES string of the molecule is Cc1ccc(Cl)c(OCCC(CN)N(C)C)c1.